The van der Waals surface area contributed by atoms with Gasteiger partial charge in [0.2, 0.25) is 0 Å². The third-order valence-electron chi connectivity index (χ3n) is 4.68. The van der Waals surface area contributed by atoms with E-state index >= 15 is 0 Å². The summed E-state index contributed by atoms with van der Waals surface area (Å²) >= 11 is 2.06. The Morgan fingerprint density at radius 2 is 1.94 bits per heavy atom. The highest BCUT2D eigenvalue weighted by Crippen LogP contribution is 2.28. The van der Waals surface area contributed by atoms with Crippen LogP contribution in [0.3, 0.4) is 0 Å². The molecule has 0 radical (unpaired) electrons. The van der Waals surface area contributed by atoms with Crippen LogP contribution in [-0.2, 0) is 0 Å². The maximum Gasteiger partial charge on any atom is 0.0107 e. The molecule has 2 aliphatic rings. The molecular weight excluding hydrogens is 240 g/mol. The maximum atomic E-state index is 3.76. The van der Waals surface area contributed by atoms with Gasteiger partial charge >= 0.3 is 0 Å². The summed E-state index contributed by atoms with van der Waals surface area (Å²) in [6, 6.07) is 0.809. The standard InChI is InChI=1S/C15H30N2S/c1-3-9-16-15-6-4-5-13(15)12-17-10-7-14(18-2)8-11-17/h13-16H,3-12H2,1-2H3. The number of likely N-dealkylation sites (tertiary alicyclic amines) is 1. The van der Waals surface area contributed by atoms with Gasteiger partial charge in [0.1, 0.15) is 0 Å². The Kier molecular flexibility index (Phi) is 6.33. The Balaban J connectivity index is 1.71. The van der Waals surface area contributed by atoms with Gasteiger partial charge in [-0.25, -0.2) is 0 Å². The molecule has 18 heavy (non-hydrogen) atoms. The molecule has 106 valence electrons. The van der Waals surface area contributed by atoms with Crippen LogP contribution in [0.5, 0.6) is 0 Å². The van der Waals surface area contributed by atoms with Gasteiger partial charge in [-0.1, -0.05) is 13.3 Å². The first kappa shape index (κ1) is 14.7. The SMILES string of the molecule is CCCNC1CCCC1CN1CCC(SC)CC1. The molecule has 0 aromatic carbocycles. The molecule has 1 aliphatic carbocycles. The highest BCUT2D eigenvalue weighted by Gasteiger charge is 2.29. The molecule has 2 nitrogen and oxygen atoms in total. The van der Waals surface area contributed by atoms with Gasteiger partial charge in [-0.05, 0) is 63.9 Å². The van der Waals surface area contributed by atoms with Crippen LogP contribution in [0.15, 0.2) is 0 Å². The van der Waals surface area contributed by atoms with Crippen molar-refractivity contribution in [3.05, 3.63) is 0 Å². The Morgan fingerprint density at radius 3 is 2.61 bits per heavy atom. The lowest BCUT2D eigenvalue weighted by Crippen LogP contribution is -2.43. The number of hydrogen-bond donors (Lipinski definition) is 1. The molecule has 2 fully saturated rings. The zero-order chi connectivity index (χ0) is 12.8. The van der Waals surface area contributed by atoms with Crippen molar-refractivity contribution in [3.63, 3.8) is 0 Å². The molecule has 0 aromatic rings. The summed E-state index contributed by atoms with van der Waals surface area (Å²) in [6.07, 6.45) is 10.6. The number of thioether (sulfide) groups is 1. The molecule has 2 atom stereocenters. The normalized spacial score (nSPS) is 31.0. The molecule has 2 rings (SSSR count). The van der Waals surface area contributed by atoms with Crippen molar-refractivity contribution in [1.82, 2.24) is 10.2 Å². The first-order chi connectivity index (χ1) is 8.83. The minimum atomic E-state index is 0.809. The monoisotopic (exact) mass is 270 g/mol. The molecule has 0 aromatic heterocycles. The smallest absolute Gasteiger partial charge is 0.0107 e. The van der Waals surface area contributed by atoms with Crippen LogP contribution < -0.4 is 5.32 Å². The van der Waals surface area contributed by atoms with Gasteiger partial charge < -0.3 is 10.2 Å². The zero-order valence-corrected chi connectivity index (χ0v) is 13.0. The Morgan fingerprint density at radius 1 is 1.17 bits per heavy atom. The largest absolute Gasteiger partial charge is 0.314 e. The zero-order valence-electron chi connectivity index (χ0n) is 12.2. The van der Waals surface area contributed by atoms with Crippen molar-refractivity contribution in [2.24, 2.45) is 5.92 Å². The van der Waals surface area contributed by atoms with Gasteiger partial charge in [0.25, 0.3) is 0 Å². The number of hydrogen-bond acceptors (Lipinski definition) is 3. The van der Waals surface area contributed by atoms with Gasteiger partial charge in [-0.2, -0.15) is 11.8 Å². The molecule has 1 saturated heterocycles. The highest BCUT2D eigenvalue weighted by atomic mass is 32.2. The second-order valence-corrected chi connectivity index (χ2v) is 7.13. The molecule has 0 spiro atoms. The molecular formula is C15H30N2S. The lowest BCUT2D eigenvalue weighted by molar-refractivity contribution is 0.186. The fourth-order valence-electron chi connectivity index (χ4n) is 3.51. The fourth-order valence-corrected chi connectivity index (χ4v) is 4.20. The van der Waals surface area contributed by atoms with Gasteiger partial charge in [0.05, 0.1) is 0 Å². The van der Waals surface area contributed by atoms with Crippen molar-refractivity contribution in [3.8, 4) is 0 Å². The fraction of sp³-hybridized carbons (Fsp3) is 1.00. The predicted molar refractivity (Wildman–Crippen MR) is 82.4 cm³/mol. The highest BCUT2D eigenvalue weighted by molar-refractivity contribution is 7.99. The molecule has 2 unspecified atom stereocenters. The number of nitrogens with one attached hydrogen (secondary N) is 1. The van der Waals surface area contributed by atoms with Crippen molar-refractivity contribution >= 4 is 11.8 Å². The number of nitrogens with zero attached hydrogens (tertiary/aromatic N) is 1. The van der Waals surface area contributed by atoms with E-state index in [-0.39, 0.29) is 0 Å². The van der Waals surface area contributed by atoms with E-state index in [2.05, 4.69) is 35.2 Å². The first-order valence-electron chi connectivity index (χ1n) is 7.82. The number of rotatable bonds is 6. The summed E-state index contributed by atoms with van der Waals surface area (Å²) in [5.74, 6) is 0.919. The summed E-state index contributed by atoms with van der Waals surface area (Å²) < 4.78 is 0. The average molecular weight is 270 g/mol. The molecule has 0 bridgehead atoms. The maximum absolute atomic E-state index is 3.76. The van der Waals surface area contributed by atoms with Crippen molar-refractivity contribution < 1.29 is 0 Å². The Hall–Kier alpha value is 0.270. The predicted octanol–water partition coefficient (Wildman–Crippen LogP) is 2.98. The van der Waals surface area contributed by atoms with Crippen molar-refractivity contribution in [2.75, 3.05) is 32.4 Å². The Bertz CT molecular complexity index is 227. The van der Waals surface area contributed by atoms with Crippen LogP contribution in [0, 0.1) is 5.92 Å². The molecule has 1 saturated carbocycles. The molecule has 1 heterocycles. The molecule has 1 N–H and O–H groups in total. The third-order valence-corrected chi connectivity index (χ3v) is 5.81. The van der Waals surface area contributed by atoms with E-state index in [1.807, 2.05) is 0 Å². The summed E-state index contributed by atoms with van der Waals surface area (Å²) in [6.45, 7) is 7.49. The van der Waals surface area contributed by atoms with Gasteiger partial charge in [-0.3, -0.25) is 0 Å². The summed E-state index contributed by atoms with van der Waals surface area (Å²) in [4.78, 5) is 2.73. The summed E-state index contributed by atoms with van der Waals surface area (Å²) in [5, 5.41) is 4.69. The van der Waals surface area contributed by atoms with Gasteiger partial charge in [-0.15, -0.1) is 0 Å². The van der Waals surface area contributed by atoms with Crippen LogP contribution in [0.2, 0.25) is 0 Å². The van der Waals surface area contributed by atoms with E-state index in [1.165, 1.54) is 64.7 Å². The molecule has 0 amide bonds. The summed E-state index contributed by atoms with van der Waals surface area (Å²) in [7, 11) is 0. The quantitative estimate of drug-likeness (QED) is 0.799. The average Bonchev–Trinajstić information content (AvgIpc) is 2.84. The second kappa shape index (κ2) is 7.76. The van der Waals surface area contributed by atoms with Crippen LogP contribution in [0.4, 0.5) is 0 Å². The van der Waals surface area contributed by atoms with E-state index in [0.717, 1.165) is 17.2 Å². The van der Waals surface area contributed by atoms with E-state index < -0.39 is 0 Å². The van der Waals surface area contributed by atoms with E-state index in [1.54, 1.807) is 0 Å². The Labute approximate surface area is 117 Å². The van der Waals surface area contributed by atoms with E-state index in [0.29, 0.717) is 0 Å². The van der Waals surface area contributed by atoms with Gasteiger partial charge in [0, 0.05) is 17.8 Å². The van der Waals surface area contributed by atoms with Crippen molar-refractivity contribution in [1.29, 1.82) is 0 Å². The van der Waals surface area contributed by atoms with Crippen LogP contribution in [-0.4, -0.2) is 48.6 Å². The first-order valence-corrected chi connectivity index (χ1v) is 9.10. The van der Waals surface area contributed by atoms with Crippen molar-refractivity contribution in [2.45, 2.75) is 56.7 Å². The molecule has 1 aliphatic heterocycles. The topological polar surface area (TPSA) is 15.3 Å². The van der Waals surface area contributed by atoms with Gasteiger partial charge in [0.15, 0.2) is 0 Å². The minimum absolute atomic E-state index is 0.809. The summed E-state index contributed by atoms with van der Waals surface area (Å²) in [5.41, 5.74) is 0. The lowest BCUT2D eigenvalue weighted by atomic mass is 10.0. The van der Waals surface area contributed by atoms with Crippen LogP contribution in [0.25, 0.3) is 0 Å². The minimum Gasteiger partial charge on any atom is -0.314 e. The second-order valence-electron chi connectivity index (χ2n) is 5.99. The lowest BCUT2D eigenvalue weighted by Gasteiger charge is -2.34. The van der Waals surface area contributed by atoms with E-state index in [9.17, 15) is 0 Å². The third kappa shape index (κ3) is 4.14. The molecule has 3 heteroatoms. The van der Waals surface area contributed by atoms with E-state index in [4.69, 9.17) is 0 Å². The van der Waals surface area contributed by atoms with Crippen LogP contribution >= 0.6 is 11.8 Å². The van der Waals surface area contributed by atoms with Crippen LogP contribution in [0.1, 0.15) is 45.4 Å². The number of piperidine rings is 1.